The van der Waals surface area contributed by atoms with Crippen molar-refractivity contribution < 1.29 is 4.74 Å². The van der Waals surface area contributed by atoms with Crippen LogP contribution in [0.15, 0.2) is 17.3 Å². The SMILES string of the molecule is COc1ccc(N=O)s1. The predicted octanol–water partition coefficient (Wildman–Crippen LogP) is 2.15. The standard InChI is InChI=1S/C5H5NO2S/c1-8-5-3-2-4(6-7)9-5/h2-3H,1H3. The molecular formula is C5H5NO2S. The Bertz CT molecular complexity index is 208. The van der Waals surface area contributed by atoms with Crippen LogP contribution in [0.5, 0.6) is 5.06 Å². The number of rotatable bonds is 2. The Balaban J connectivity index is 2.86. The predicted molar refractivity (Wildman–Crippen MR) is 36.3 cm³/mol. The summed E-state index contributed by atoms with van der Waals surface area (Å²) in [5, 5.41) is 3.89. The van der Waals surface area contributed by atoms with Gasteiger partial charge in [0, 0.05) is 0 Å². The summed E-state index contributed by atoms with van der Waals surface area (Å²) in [5.74, 6) is 0. The molecule has 0 aliphatic rings. The molecule has 0 N–H and O–H groups in total. The van der Waals surface area contributed by atoms with Crippen LogP contribution in [0.1, 0.15) is 0 Å². The van der Waals surface area contributed by atoms with Crippen molar-refractivity contribution in [1.82, 2.24) is 0 Å². The quantitative estimate of drug-likeness (QED) is 0.595. The first kappa shape index (κ1) is 6.22. The van der Waals surface area contributed by atoms with Gasteiger partial charge in [0.05, 0.1) is 7.11 Å². The number of hydrogen-bond acceptors (Lipinski definition) is 4. The average molecular weight is 143 g/mol. The Morgan fingerprint density at radius 2 is 2.44 bits per heavy atom. The first-order valence-electron chi connectivity index (χ1n) is 2.34. The molecule has 0 saturated carbocycles. The van der Waals surface area contributed by atoms with Gasteiger partial charge in [-0.2, -0.15) is 0 Å². The maximum atomic E-state index is 9.84. The van der Waals surface area contributed by atoms with Crippen LogP contribution < -0.4 is 4.74 Å². The fourth-order valence-electron chi connectivity index (χ4n) is 0.469. The smallest absolute Gasteiger partial charge is 0.175 e. The topological polar surface area (TPSA) is 38.7 Å². The molecule has 48 valence electrons. The molecule has 0 fully saturated rings. The maximum Gasteiger partial charge on any atom is 0.175 e. The second-order valence-corrected chi connectivity index (χ2v) is 2.41. The van der Waals surface area contributed by atoms with Crippen molar-refractivity contribution in [2.75, 3.05) is 7.11 Å². The van der Waals surface area contributed by atoms with E-state index in [-0.39, 0.29) is 0 Å². The molecule has 1 aromatic rings. The highest BCUT2D eigenvalue weighted by atomic mass is 32.1. The van der Waals surface area contributed by atoms with Crippen molar-refractivity contribution in [2.45, 2.75) is 0 Å². The van der Waals surface area contributed by atoms with E-state index < -0.39 is 0 Å². The van der Waals surface area contributed by atoms with E-state index in [9.17, 15) is 4.91 Å². The summed E-state index contributed by atoms with van der Waals surface area (Å²) in [5.41, 5.74) is 0. The highest BCUT2D eigenvalue weighted by Crippen LogP contribution is 2.29. The third-order valence-corrected chi connectivity index (χ3v) is 1.78. The summed E-state index contributed by atoms with van der Waals surface area (Å²) in [6.45, 7) is 0. The number of nitroso groups, excluding NO2 is 1. The molecule has 3 nitrogen and oxygen atoms in total. The first-order chi connectivity index (χ1) is 4.36. The third kappa shape index (κ3) is 1.26. The molecule has 1 aromatic heterocycles. The van der Waals surface area contributed by atoms with Gasteiger partial charge in [0.2, 0.25) is 0 Å². The van der Waals surface area contributed by atoms with Crippen LogP contribution in [-0.2, 0) is 0 Å². The largest absolute Gasteiger partial charge is 0.487 e. The van der Waals surface area contributed by atoms with Gasteiger partial charge in [0.25, 0.3) is 0 Å². The van der Waals surface area contributed by atoms with E-state index in [1.165, 1.54) is 11.3 Å². The van der Waals surface area contributed by atoms with E-state index in [2.05, 4.69) is 5.18 Å². The summed E-state index contributed by atoms with van der Waals surface area (Å²) < 4.78 is 4.82. The normalized spacial score (nSPS) is 9.00. The third-order valence-electron chi connectivity index (χ3n) is 0.858. The second kappa shape index (κ2) is 2.59. The summed E-state index contributed by atoms with van der Waals surface area (Å²) >= 11 is 1.23. The molecule has 0 amide bonds. The zero-order chi connectivity index (χ0) is 6.69. The Hall–Kier alpha value is -0.900. The molecule has 0 atom stereocenters. The van der Waals surface area contributed by atoms with Crippen LogP contribution in [0.3, 0.4) is 0 Å². The number of hydrogen-bond donors (Lipinski definition) is 0. The fourth-order valence-corrected chi connectivity index (χ4v) is 1.07. The monoisotopic (exact) mass is 143 g/mol. The van der Waals surface area contributed by atoms with Crippen LogP contribution in [0.4, 0.5) is 5.00 Å². The lowest BCUT2D eigenvalue weighted by molar-refractivity contribution is 0.427. The van der Waals surface area contributed by atoms with Crippen molar-refractivity contribution in [3.8, 4) is 5.06 Å². The molecule has 1 heterocycles. The van der Waals surface area contributed by atoms with E-state index in [0.717, 1.165) is 0 Å². The van der Waals surface area contributed by atoms with Gasteiger partial charge in [-0.15, -0.1) is 4.91 Å². The van der Waals surface area contributed by atoms with Gasteiger partial charge in [-0.1, -0.05) is 11.3 Å². The molecule has 1 rings (SSSR count). The fraction of sp³-hybridized carbons (Fsp3) is 0.200. The van der Waals surface area contributed by atoms with Gasteiger partial charge in [0.15, 0.2) is 10.1 Å². The molecule has 0 bridgehead atoms. The highest BCUT2D eigenvalue weighted by molar-refractivity contribution is 7.17. The first-order valence-corrected chi connectivity index (χ1v) is 3.15. The van der Waals surface area contributed by atoms with E-state index >= 15 is 0 Å². The van der Waals surface area contributed by atoms with Gasteiger partial charge in [0.1, 0.15) is 0 Å². The lowest BCUT2D eigenvalue weighted by Gasteiger charge is -1.86. The van der Waals surface area contributed by atoms with Gasteiger partial charge < -0.3 is 4.74 Å². The van der Waals surface area contributed by atoms with Crippen molar-refractivity contribution in [3.63, 3.8) is 0 Å². The van der Waals surface area contributed by atoms with Crippen molar-refractivity contribution in [2.24, 2.45) is 5.18 Å². The van der Waals surface area contributed by atoms with E-state index in [1.54, 1.807) is 19.2 Å². The zero-order valence-electron chi connectivity index (χ0n) is 4.83. The summed E-state index contributed by atoms with van der Waals surface area (Å²) in [6, 6.07) is 3.33. The minimum absolute atomic E-state index is 0.451. The second-order valence-electron chi connectivity index (χ2n) is 1.39. The van der Waals surface area contributed by atoms with Crippen molar-refractivity contribution in [1.29, 1.82) is 0 Å². The van der Waals surface area contributed by atoms with Gasteiger partial charge in [-0.3, -0.25) is 0 Å². The molecule has 0 aliphatic heterocycles. The van der Waals surface area contributed by atoms with Crippen LogP contribution in [0.25, 0.3) is 0 Å². The number of ether oxygens (including phenoxy) is 1. The average Bonchev–Trinajstić information content (AvgIpc) is 2.34. The van der Waals surface area contributed by atoms with Gasteiger partial charge >= 0.3 is 0 Å². The molecule has 0 unspecified atom stereocenters. The summed E-state index contributed by atoms with van der Waals surface area (Å²) in [7, 11) is 1.56. The minimum Gasteiger partial charge on any atom is -0.487 e. The van der Waals surface area contributed by atoms with Crippen LogP contribution >= 0.6 is 11.3 Å². The lowest BCUT2D eigenvalue weighted by Crippen LogP contribution is -1.73. The molecule has 9 heavy (non-hydrogen) atoms. The van der Waals surface area contributed by atoms with Crippen molar-refractivity contribution in [3.05, 3.63) is 17.0 Å². The Morgan fingerprint density at radius 1 is 1.67 bits per heavy atom. The number of methoxy groups -OCH3 is 1. The van der Waals surface area contributed by atoms with Crippen molar-refractivity contribution >= 4 is 16.3 Å². The Kier molecular flexibility index (Phi) is 1.79. The Morgan fingerprint density at radius 3 is 2.78 bits per heavy atom. The van der Waals surface area contributed by atoms with E-state index in [4.69, 9.17) is 4.74 Å². The van der Waals surface area contributed by atoms with Crippen LogP contribution in [-0.4, -0.2) is 7.11 Å². The molecule has 0 spiro atoms. The zero-order valence-corrected chi connectivity index (χ0v) is 5.64. The molecule has 0 saturated heterocycles. The molecule has 0 aliphatic carbocycles. The highest BCUT2D eigenvalue weighted by Gasteiger charge is 1.96. The number of nitrogens with zero attached hydrogens (tertiary/aromatic N) is 1. The Labute approximate surface area is 56.2 Å². The van der Waals surface area contributed by atoms with Crippen LogP contribution in [0, 0.1) is 4.91 Å². The van der Waals surface area contributed by atoms with Gasteiger partial charge in [-0.05, 0) is 17.3 Å². The lowest BCUT2D eigenvalue weighted by atomic mass is 10.6. The summed E-state index contributed by atoms with van der Waals surface area (Å²) in [4.78, 5) is 9.84. The number of thiophene rings is 1. The van der Waals surface area contributed by atoms with Gasteiger partial charge in [-0.25, -0.2) is 0 Å². The van der Waals surface area contributed by atoms with E-state index in [0.29, 0.717) is 10.1 Å². The molecule has 0 radical (unpaired) electrons. The molecule has 0 aromatic carbocycles. The maximum absolute atomic E-state index is 9.84. The minimum atomic E-state index is 0.451. The van der Waals surface area contributed by atoms with E-state index in [1.807, 2.05) is 0 Å². The van der Waals surface area contributed by atoms with Crippen LogP contribution in [0.2, 0.25) is 0 Å². The summed E-state index contributed by atoms with van der Waals surface area (Å²) in [6.07, 6.45) is 0. The molecular weight excluding hydrogens is 138 g/mol. The molecule has 4 heteroatoms.